The van der Waals surface area contributed by atoms with Crippen molar-refractivity contribution >= 4 is 17.3 Å². The number of aryl methyl sites for hydroxylation is 1. The van der Waals surface area contributed by atoms with E-state index < -0.39 is 17.4 Å². The van der Waals surface area contributed by atoms with Gasteiger partial charge < -0.3 is 5.73 Å². The predicted octanol–water partition coefficient (Wildman–Crippen LogP) is 1.92. The molecule has 0 aliphatic heterocycles. The van der Waals surface area contributed by atoms with E-state index in [0.29, 0.717) is 0 Å². The number of halogens is 4. The zero-order chi connectivity index (χ0) is 12.5. The SMILES string of the molecule is Cn1nc(C(F)(F)F)c(/C(N)=C/C#N)c1Cl. The molecule has 1 aromatic heterocycles. The maximum Gasteiger partial charge on any atom is 0.435 e. The Balaban J connectivity index is 3.49. The molecule has 0 fully saturated rings. The summed E-state index contributed by atoms with van der Waals surface area (Å²) >= 11 is 5.62. The highest BCUT2D eigenvalue weighted by molar-refractivity contribution is 6.31. The minimum Gasteiger partial charge on any atom is -0.398 e. The molecule has 1 heterocycles. The lowest BCUT2D eigenvalue weighted by Crippen LogP contribution is -2.11. The molecule has 86 valence electrons. The average molecular weight is 251 g/mol. The predicted molar refractivity (Wildman–Crippen MR) is 51.0 cm³/mol. The first kappa shape index (κ1) is 12.4. The highest BCUT2D eigenvalue weighted by Crippen LogP contribution is 2.36. The molecule has 1 rings (SSSR count). The summed E-state index contributed by atoms with van der Waals surface area (Å²) in [5, 5.41) is 11.3. The van der Waals surface area contributed by atoms with Crippen molar-refractivity contribution in [2.45, 2.75) is 6.18 Å². The molecule has 0 aromatic carbocycles. The molecule has 8 heteroatoms. The Morgan fingerprint density at radius 1 is 1.62 bits per heavy atom. The second-order valence-corrected chi connectivity index (χ2v) is 3.22. The second kappa shape index (κ2) is 4.06. The van der Waals surface area contributed by atoms with E-state index in [-0.39, 0.29) is 10.9 Å². The Labute approximate surface area is 93.7 Å². The van der Waals surface area contributed by atoms with Crippen LogP contribution in [0.25, 0.3) is 5.70 Å². The van der Waals surface area contributed by atoms with E-state index in [1.807, 2.05) is 0 Å². The molecule has 0 saturated carbocycles. The summed E-state index contributed by atoms with van der Waals surface area (Å²) in [5.41, 5.74) is 3.27. The molecule has 0 bridgehead atoms. The maximum atomic E-state index is 12.5. The molecule has 0 unspecified atom stereocenters. The van der Waals surface area contributed by atoms with Crippen LogP contribution < -0.4 is 5.73 Å². The van der Waals surface area contributed by atoms with Gasteiger partial charge in [-0.2, -0.15) is 23.5 Å². The fourth-order valence-electron chi connectivity index (χ4n) is 1.10. The number of hydrogen-bond acceptors (Lipinski definition) is 3. The van der Waals surface area contributed by atoms with Crippen LogP contribution in [0.2, 0.25) is 5.15 Å². The highest BCUT2D eigenvalue weighted by atomic mass is 35.5. The van der Waals surface area contributed by atoms with Crippen molar-refractivity contribution in [1.82, 2.24) is 9.78 Å². The van der Waals surface area contributed by atoms with Crippen molar-refractivity contribution in [2.24, 2.45) is 12.8 Å². The molecule has 0 aliphatic rings. The van der Waals surface area contributed by atoms with Gasteiger partial charge in [-0.05, 0) is 0 Å². The van der Waals surface area contributed by atoms with Crippen molar-refractivity contribution in [3.63, 3.8) is 0 Å². The van der Waals surface area contributed by atoms with Crippen molar-refractivity contribution in [3.8, 4) is 6.07 Å². The quantitative estimate of drug-likeness (QED) is 0.774. The first-order chi connectivity index (χ1) is 7.29. The topological polar surface area (TPSA) is 67.6 Å². The largest absolute Gasteiger partial charge is 0.435 e. The molecule has 0 atom stereocenters. The van der Waals surface area contributed by atoms with E-state index in [1.165, 1.54) is 13.1 Å². The Morgan fingerprint density at radius 3 is 2.62 bits per heavy atom. The molecule has 0 aliphatic carbocycles. The Hall–Kier alpha value is -1.68. The van der Waals surface area contributed by atoms with Crippen molar-refractivity contribution in [2.75, 3.05) is 0 Å². The summed E-state index contributed by atoms with van der Waals surface area (Å²) in [5.74, 6) is 0. The molecule has 0 spiro atoms. The van der Waals surface area contributed by atoms with Crippen LogP contribution in [0.5, 0.6) is 0 Å². The van der Waals surface area contributed by atoms with Crippen LogP contribution >= 0.6 is 11.6 Å². The van der Waals surface area contributed by atoms with Gasteiger partial charge in [0.25, 0.3) is 0 Å². The summed E-state index contributed by atoms with van der Waals surface area (Å²) in [6.45, 7) is 0. The fourth-order valence-corrected chi connectivity index (χ4v) is 1.34. The number of alkyl halides is 3. The van der Waals surface area contributed by atoms with Crippen LogP contribution in [-0.2, 0) is 13.2 Å². The fraction of sp³-hybridized carbons (Fsp3) is 0.250. The van der Waals surface area contributed by atoms with Crippen molar-refractivity contribution in [1.29, 1.82) is 5.26 Å². The maximum absolute atomic E-state index is 12.5. The van der Waals surface area contributed by atoms with Gasteiger partial charge in [0, 0.05) is 13.1 Å². The summed E-state index contributed by atoms with van der Waals surface area (Å²) < 4.78 is 38.5. The van der Waals surface area contributed by atoms with E-state index in [9.17, 15) is 13.2 Å². The molecular formula is C8H6ClF3N4. The van der Waals surface area contributed by atoms with Gasteiger partial charge in [-0.1, -0.05) is 11.6 Å². The van der Waals surface area contributed by atoms with Crippen LogP contribution in [-0.4, -0.2) is 9.78 Å². The van der Waals surface area contributed by atoms with Gasteiger partial charge in [0.15, 0.2) is 5.69 Å². The zero-order valence-corrected chi connectivity index (χ0v) is 8.76. The normalized spacial score (nSPS) is 12.6. The van der Waals surface area contributed by atoms with E-state index >= 15 is 0 Å². The lowest BCUT2D eigenvalue weighted by Gasteiger charge is -2.05. The first-order valence-electron chi connectivity index (χ1n) is 3.94. The Morgan fingerprint density at radius 2 is 2.19 bits per heavy atom. The summed E-state index contributed by atoms with van der Waals surface area (Å²) in [4.78, 5) is 0. The third kappa shape index (κ3) is 2.12. The summed E-state index contributed by atoms with van der Waals surface area (Å²) in [7, 11) is 1.25. The van der Waals surface area contributed by atoms with E-state index in [4.69, 9.17) is 22.6 Å². The lowest BCUT2D eigenvalue weighted by molar-refractivity contribution is -0.141. The summed E-state index contributed by atoms with van der Waals surface area (Å²) in [6, 6.07) is 1.53. The monoisotopic (exact) mass is 250 g/mol. The van der Waals surface area contributed by atoms with Gasteiger partial charge in [-0.15, -0.1) is 0 Å². The van der Waals surface area contributed by atoms with Gasteiger partial charge >= 0.3 is 6.18 Å². The number of aromatic nitrogens is 2. The number of nitrogens with two attached hydrogens (primary N) is 1. The van der Waals surface area contributed by atoms with Crippen LogP contribution in [0.15, 0.2) is 6.08 Å². The Kier molecular flexibility index (Phi) is 3.14. The molecule has 1 aromatic rings. The second-order valence-electron chi connectivity index (χ2n) is 2.86. The standard InChI is InChI=1S/C8H6ClF3N4/c1-16-7(9)5(4(14)2-3-13)6(15-16)8(10,11)12/h2H,14H2,1H3/b4-2-. The third-order valence-electron chi connectivity index (χ3n) is 1.75. The average Bonchev–Trinajstić information content (AvgIpc) is 2.43. The zero-order valence-electron chi connectivity index (χ0n) is 8.01. The van der Waals surface area contributed by atoms with Gasteiger partial charge in [-0.3, -0.25) is 4.68 Å². The molecule has 16 heavy (non-hydrogen) atoms. The summed E-state index contributed by atoms with van der Waals surface area (Å²) in [6.07, 6.45) is -3.90. The molecule has 0 radical (unpaired) electrons. The lowest BCUT2D eigenvalue weighted by atomic mass is 10.2. The highest BCUT2D eigenvalue weighted by Gasteiger charge is 2.39. The minimum absolute atomic E-state index is 0.267. The molecule has 2 N–H and O–H groups in total. The molecule has 0 saturated heterocycles. The number of rotatable bonds is 1. The molecular weight excluding hydrogens is 245 g/mol. The van der Waals surface area contributed by atoms with Crippen molar-refractivity contribution < 1.29 is 13.2 Å². The minimum atomic E-state index is -4.67. The first-order valence-corrected chi connectivity index (χ1v) is 4.32. The van der Waals surface area contributed by atoms with Gasteiger partial charge in [0.2, 0.25) is 0 Å². The van der Waals surface area contributed by atoms with Gasteiger partial charge in [0.05, 0.1) is 17.3 Å². The van der Waals surface area contributed by atoms with E-state index in [2.05, 4.69) is 5.10 Å². The van der Waals surface area contributed by atoms with Gasteiger partial charge in [0.1, 0.15) is 5.15 Å². The number of nitriles is 1. The molecule has 0 amide bonds. The van der Waals surface area contributed by atoms with Crippen LogP contribution in [0, 0.1) is 11.3 Å². The van der Waals surface area contributed by atoms with Crippen LogP contribution in [0.1, 0.15) is 11.3 Å². The van der Waals surface area contributed by atoms with Crippen molar-refractivity contribution in [3.05, 3.63) is 22.5 Å². The third-order valence-corrected chi connectivity index (χ3v) is 2.19. The van der Waals surface area contributed by atoms with Gasteiger partial charge in [-0.25, -0.2) is 0 Å². The molecule has 4 nitrogen and oxygen atoms in total. The van der Waals surface area contributed by atoms with Crippen LogP contribution in [0.3, 0.4) is 0 Å². The number of hydrogen-bond donors (Lipinski definition) is 1. The Bertz CT molecular complexity index is 481. The number of allylic oxidation sites excluding steroid dienone is 1. The number of nitrogens with zero attached hydrogens (tertiary/aromatic N) is 3. The van der Waals surface area contributed by atoms with Crippen LogP contribution in [0.4, 0.5) is 13.2 Å². The smallest absolute Gasteiger partial charge is 0.398 e. The van der Waals surface area contributed by atoms with E-state index in [1.54, 1.807) is 0 Å². The van der Waals surface area contributed by atoms with E-state index in [0.717, 1.165) is 10.8 Å².